The van der Waals surface area contributed by atoms with Crippen LogP contribution in [0.25, 0.3) is 0 Å². The van der Waals surface area contributed by atoms with Crippen LogP contribution in [0, 0.1) is 12.8 Å². The summed E-state index contributed by atoms with van der Waals surface area (Å²) < 4.78 is 37.5. The van der Waals surface area contributed by atoms with E-state index in [0.717, 1.165) is 31.9 Å². The van der Waals surface area contributed by atoms with Gasteiger partial charge in [0.05, 0.1) is 6.10 Å². The van der Waals surface area contributed by atoms with Gasteiger partial charge in [0.2, 0.25) is 5.95 Å². The maximum absolute atomic E-state index is 10.6. The molecule has 0 spiro atoms. The van der Waals surface area contributed by atoms with Crippen LogP contribution in [-0.2, 0) is 16.0 Å². The predicted molar refractivity (Wildman–Crippen MR) is 102 cm³/mol. The highest BCUT2D eigenvalue weighted by atomic mass is 19.4. The molecule has 1 fully saturated rings. The smallest absolute Gasteiger partial charge is 0.475 e. The molecule has 1 aromatic heterocycles. The van der Waals surface area contributed by atoms with E-state index < -0.39 is 12.1 Å². The number of carbonyl (C=O) groups is 1. The molecule has 9 heteroatoms. The summed E-state index contributed by atoms with van der Waals surface area (Å²) in [6.45, 7) is 4.03. The first kappa shape index (κ1) is 22.6. The van der Waals surface area contributed by atoms with Gasteiger partial charge in [-0.25, -0.2) is 14.8 Å². The molecule has 1 aliphatic rings. The number of piperidine rings is 1. The van der Waals surface area contributed by atoms with Crippen molar-refractivity contribution in [3.05, 3.63) is 53.9 Å². The van der Waals surface area contributed by atoms with Crippen molar-refractivity contribution in [2.75, 3.05) is 25.1 Å². The third kappa shape index (κ3) is 7.01. The van der Waals surface area contributed by atoms with Gasteiger partial charge >= 0.3 is 12.1 Å². The Bertz CT molecular complexity index is 787. The SMILES string of the molecule is CO[C@H]1CCN(c2ncccn2)C[C@@H]1Cc1cccc(C)c1.O=C(O)C(F)(F)F. The minimum absolute atomic E-state index is 0.306. The Morgan fingerprint density at radius 1 is 1.28 bits per heavy atom. The van der Waals surface area contributed by atoms with Crippen LogP contribution in [0.1, 0.15) is 17.5 Å². The minimum atomic E-state index is -5.08. The number of hydrogen-bond acceptors (Lipinski definition) is 5. The lowest BCUT2D eigenvalue weighted by Crippen LogP contribution is -2.45. The number of aryl methyl sites for hydroxylation is 1. The van der Waals surface area contributed by atoms with E-state index in [0.29, 0.717) is 12.0 Å². The third-order valence-electron chi connectivity index (χ3n) is 4.62. The van der Waals surface area contributed by atoms with Crippen molar-refractivity contribution in [1.82, 2.24) is 9.97 Å². The maximum Gasteiger partial charge on any atom is 0.490 e. The van der Waals surface area contributed by atoms with E-state index in [2.05, 4.69) is 46.1 Å². The molecule has 0 unspecified atom stereocenters. The maximum atomic E-state index is 10.6. The lowest BCUT2D eigenvalue weighted by molar-refractivity contribution is -0.192. The second-order valence-corrected chi connectivity index (χ2v) is 6.81. The number of nitrogens with zero attached hydrogens (tertiary/aromatic N) is 3. The van der Waals surface area contributed by atoms with Gasteiger partial charge in [-0.2, -0.15) is 13.2 Å². The Morgan fingerprint density at radius 2 is 1.93 bits per heavy atom. The highest BCUT2D eigenvalue weighted by Crippen LogP contribution is 2.26. The second kappa shape index (κ2) is 10.2. The number of carboxylic acids is 1. The van der Waals surface area contributed by atoms with Gasteiger partial charge in [0.15, 0.2) is 0 Å². The molecule has 1 saturated heterocycles. The van der Waals surface area contributed by atoms with Crippen molar-refractivity contribution >= 4 is 11.9 Å². The number of carboxylic acid groups (broad SMARTS) is 1. The van der Waals surface area contributed by atoms with E-state index in [-0.39, 0.29) is 0 Å². The molecule has 1 aromatic carbocycles. The number of aromatic nitrogens is 2. The molecule has 0 aliphatic carbocycles. The first-order valence-electron chi connectivity index (χ1n) is 9.11. The molecule has 1 aliphatic heterocycles. The number of ether oxygens (including phenoxy) is 1. The van der Waals surface area contributed by atoms with E-state index in [1.54, 1.807) is 12.4 Å². The highest BCUT2D eigenvalue weighted by Gasteiger charge is 2.38. The van der Waals surface area contributed by atoms with Crippen LogP contribution in [-0.4, -0.2) is 53.5 Å². The molecular formula is C20H24F3N3O3. The molecule has 2 heterocycles. The van der Waals surface area contributed by atoms with Crippen LogP contribution < -0.4 is 4.90 Å². The van der Waals surface area contributed by atoms with Gasteiger partial charge in [-0.15, -0.1) is 0 Å². The number of aliphatic carboxylic acids is 1. The predicted octanol–water partition coefficient (Wildman–Crippen LogP) is 3.50. The lowest BCUT2D eigenvalue weighted by atomic mass is 9.88. The van der Waals surface area contributed by atoms with Crippen LogP contribution in [0.15, 0.2) is 42.7 Å². The van der Waals surface area contributed by atoms with Crippen molar-refractivity contribution in [2.24, 2.45) is 5.92 Å². The Labute approximate surface area is 167 Å². The minimum Gasteiger partial charge on any atom is -0.475 e. The van der Waals surface area contributed by atoms with Crippen LogP contribution in [0.5, 0.6) is 0 Å². The van der Waals surface area contributed by atoms with Gasteiger partial charge in [0, 0.05) is 38.5 Å². The molecule has 0 saturated carbocycles. The average Bonchev–Trinajstić information content (AvgIpc) is 2.68. The fourth-order valence-electron chi connectivity index (χ4n) is 3.30. The molecule has 1 N–H and O–H groups in total. The van der Waals surface area contributed by atoms with Gasteiger partial charge in [-0.05, 0) is 31.4 Å². The summed E-state index contributed by atoms with van der Waals surface area (Å²) in [6.07, 6.45) is 0.885. The Kier molecular flexibility index (Phi) is 7.95. The summed E-state index contributed by atoms with van der Waals surface area (Å²) in [7, 11) is 1.82. The Morgan fingerprint density at radius 3 is 2.48 bits per heavy atom. The van der Waals surface area contributed by atoms with Crippen LogP contribution in [0.4, 0.5) is 19.1 Å². The first-order valence-corrected chi connectivity index (χ1v) is 9.11. The summed E-state index contributed by atoms with van der Waals surface area (Å²) >= 11 is 0. The van der Waals surface area contributed by atoms with E-state index in [9.17, 15) is 13.2 Å². The van der Waals surface area contributed by atoms with Crippen molar-refractivity contribution in [2.45, 2.75) is 32.0 Å². The molecule has 0 radical (unpaired) electrons. The monoisotopic (exact) mass is 411 g/mol. The van der Waals surface area contributed by atoms with Gasteiger partial charge in [-0.3, -0.25) is 0 Å². The van der Waals surface area contributed by atoms with E-state index in [4.69, 9.17) is 14.6 Å². The third-order valence-corrected chi connectivity index (χ3v) is 4.62. The zero-order valence-electron chi connectivity index (χ0n) is 16.3. The molecular weight excluding hydrogens is 387 g/mol. The topological polar surface area (TPSA) is 75.5 Å². The number of benzene rings is 1. The standard InChI is InChI=1S/C18H23N3O.C2HF3O2/c1-14-5-3-6-15(11-14)12-16-13-21(10-7-17(16)22-2)18-19-8-4-9-20-18;3-2(4,5)1(6)7/h3-6,8-9,11,16-17H,7,10,12-13H2,1-2H3;(H,6,7)/t16-,17-;/m0./s1. The fraction of sp³-hybridized carbons (Fsp3) is 0.450. The van der Waals surface area contributed by atoms with Crippen LogP contribution in [0.2, 0.25) is 0 Å². The normalized spacial score (nSPS) is 19.3. The lowest BCUT2D eigenvalue weighted by Gasteiger charge is -2.38. The molecule has 2 atom stereocenters. The molecule has 2 aromatic rings. The van der Waals surface area contributed by atoms with Crippen LogP contribution in [0.3, 0.4) is 0 Å². The summed E-state index contributed by atoms with van der Waals surface area (Å²) in [5, 5.41) is 7.12. The van der Waals surface area contributed by atoms with E-state index in [1.807, 2.05) is 13.2 Å². The number of alkyl halides is 3. The summed E-state index contributed by atoms with van der Waals surface area (Å²) in [5.74, 6) is -1.47. The molecule has 6 nitrogen and oxygen atoms in total. The first-order chi connectivity index (χ1) is 13.7. The quantitative estimate of drug-likeness (QED) is 0.830. The molecule has 3 rings (SSSR count). The van der Waals surface area contributed by atoms with E-state index >= 15 is 0 Å². The van der Waals surface area contributed by atoms with Crippen molar-refractivity contribution < 1.29 is 27.8 Å². The van der Waals surface area contributed by atoms with Crippen molar-refractivity contribution in [3.63, 3.8) is 0 Å². The van der Waals surface area contributed by atoms with Gasteiger partial charge < -0.3 is 14.7 Å². The van der Waals surface area contributed by atoms with Gasteiger partial charge in [0.1, 0.15) is 0 Å². The number of hydrogen-bond donors (Lipinski definition) is 1. The summed E-state index contributed by atoms with van der Waals surface area (Å²) in [5.41, 5.74) is 2.69. The van der Waals surface area contributed by atoms with Crippen molar-refractivity contribution in [1.29, 1.82) is 0 Å². The Hall–Kier alpha value is -2.68. The molecule has 0 bridgehead atoms. The van der Waals surface area contributed by atoms with Crippen LogP contribution >= 0.6 is 0 Å². The van der Waals surface area contributed by atoms with Gasteiger partial charge in [0.25, 0.3) is 0 Å². The fourth-order valence-corrected chi connectivity index (χ4v) is 3.30. The highest BCUT2D eigenvalue weighted by molar-refractivity contribution is 5.73. The number of rotatable bonds is 4. The zero-order chi connectivity index (χ0) is 21.4. The van der Waals surface area contributed by atoms with Gasteiger partial charge in [-0.1, -0.05) is 29.8 Å². The molecule has 158 valence electrons. The average molecular weight is 411 g/mol. The Balaban J connectivity index is 0.000000370. The summed E-state index contributed by atoms with van der Waals surface area (Å²) in [6, 6.07) is 10.6. The zero-order valence-corrected chi connectivity index (χ0v) is 16.3. The molecule has 29 heavy (non-hydrogen) atoms. The largest absolute Gasteiger partial charge is 0.490 e. The molecule has 0 amide bonds. The van der Waals surface area contributed by atoms with Crippen molar-refractivity contribution in [3.8, 4) is 0 Å². The second-order valence-electron chi connectivity index (χ2n) is 6.81. The van der Waals surface area contributed by atoms with E-state index in [1.165, 1.54) is 11.1 Å². The summed E-state index contributed by atoms with van der Waals surface area (Å²) in [4.78, 5) is 19.9. The number of anilines is 1. The number of halogens is 3. The number of methoxy groups -OCH3 is 1.